The summed E-state index contributed by atoms with van der Waals surface area (Å²) in [5.41, 5.74) is 0.591. The van der Waals surface area contributed by atoms with Gasteiger partial charge in [0.1, 0.15) is 5.52 Å². The number of aromatic nitrogens is 5. The number of nitrogens with zero attached hydrogens (tertiary/aromatic N) is 5. The first-order chi connectivity index (χ1) is 15.4. The number of halogens is 3. The van der Waals surface area contributed by atoms with Crippen molar-refractivity contribution in [3.05, 3.63) is 70.1 Å². The van der Waals surface area contributed by atoms with Crippen LogP contribution in [-0.2, 0) is 19.1 Å². The van der Waals surface area contributed by atoms with Crippen LogP contribution in [0.4, 0.5) is 13.2 Å². The fourth-order valence-corrected chi connectivity index (χ4v) is 3.51. The van der Waals surface area contributed by atoms with Gasteiger partial charge in [-0.2, -0.15) is 18.2 Å². The van der Waals surface area contributed by atoms with Gasteiger partial charge in [-0.15, -0.1) is 5.10 Å². The van der Waals surface area contributed by atoms with E-state index < -0.39 is 11.7 Å². The summed E-state index contributed by atoms with van der Waals surface area (Å²) < 4.78 is 44.9. The van der Waals surface area contributed by atoms with Crippen molar-refractivity contribution in [2.24, 2.45) is 0 Å². The number of hydrogen-bond acceptors (Lipinski definition) is 6. The van der Waals surface area contributed by atoms with E-state index >= 15 is 0 Å². The molecule has 0 radical (unpaired) electrons. The molecule has 0 N–H and O–H groups in total. The summed E-state index contributed by atoms with van der Waals surface area (Å²) in [6.07, 6.45) is -1.11. The van der Waals surface area contributed by atoms with Crippen LogP contribution in [0.5, 0.6) is 0 Å². The molecule has 0 unspecified atom stereocenters. The Bertz CT molecular complexity index is 1320. The summed E-state index contributed by atoms with van der Waals surface area (Å²) in [6.45, 7) is 0.327. The van der Waals surface area contributed by atoms with E-state index in [-0.39, 0.29) is 5.56 Å². The highest BCUT2D eigenvalue weighted by molar-refractivity contribution is 5.83. The van der Waals surface area contributed by atoms with Crippen molar-refractivity contribution >= 4 is 10.9 Å². The van der Waals surface area contributed by atoms with Crippen LogP contribution in [0.3, 0.4) is 0 Å². The summed E-state index contributed by atoms with van der Waals surface area (Å²) in [5, 5.41) is 12.4. The smallest absolute Gasteiger partial charge is 0.339 e. The van der Waals surface area contributed by atoms with Gasteiger partial charge >= 0.3 is 6.18 Å². The zero-order valence-corrected chi connectivity index (χ0v) is 16.8. The van der Waals surface area contributed by atoms with Crippen LogP contribution < -0.4 is 5.56 Å². The second-order valence-electron chi connectivity index (χ2n) is 7.85. The molecule has 164 valence electrons. The van der Waals surface area contributed by atoms with Gasteiger partial charge in [0.15, 0.2) is 5.82 Å². The molecule has 0 spiro atoms. The Morgan fingerprint density at radius 3 is 2.53 bits per heavy atom. The summed E-state index contributed by atoms with van der Waals surface area (Å²) in [5.74, 6) is 1.71. The molecule has 4 aromatic rings. The third-order valence-corrected chi connectivity index (χ3v) is 5.45. The van der Waals surface area contributed by atoms with Gasteiger partial charge in [-0.05, 0) is 54.7 Å². The molecule has 1 aliphatic carbocycles. The minimum atomic E-state index is -4.40. The Morgan fingerprint density at radius 1 is 1.06 bits per heavy atom. The lowest BCUT2D eigenvalue weighted by molar-refractivity contribution is -0.137. The molecule has 2 aromatic heterocycles. The molecule has 0 bridgehead atoms. The van der Waals surface area contributed by atoms with Gasteiger partial charge in [0, 0.05) is 18.9 Å². The van der Waals surface area contributed by atoms with Gasteiger partial charge in [-0.25, -0.2) is 4.68 Å². The molecule has 5 rings (SSSR count). The molecule has 0 saturated heterocycles. The standard InChI is InChI=1S/C22H18F3N5O2/c23-22(24,25)16-8-5-13(6-9-16)15-7-10-18-17(12-15)21(31)30(29-27-18)11-1-2-19-26-20(28-32-19)14-3-4-14/h5-10,12,14H,1-4,11H2. The highest BCUT2D eigenvalue weighted by Gasteiger charge is 2.30. The molecule has 0 amide bonds. The van der Waals surface area contributed by atoms with Crippen molar-refractivity contribution in [3.8, 4) is 11.1 Å². The van der Waals surface area contributed by atoms with Crippen LogP contribution in [0, 0.1) is 0 Å². The van der Waals surface area contributed by atoms with Crippen LogP contribution >= 0.6 is 0 Å². The van der Waals surface area contributed by atoms with E-state index in [2.05, 4.69) is 20.5 Å². The van der Waals surface area contributed by atoms with E-state index in [4.69, 9.17) is 4.52 Å². The first-order valence-corrected chi connectivity index (χ1v) is 10.3. The van der Waals surface area contributed by atoms with Crippen LogP contribution in [0.25, 0.3) is 22.0 Å². The number of alkyl halides is 3. The normalized spacial score (nSPS) is 14.2. The molecule has 0 aliphatic heterocycles. The fourth-order valence-electron chi connectivity index (χ4n) is 3.51. The van der Waals surface area contributed by atoms with Crippen molar-refractivity contribution in [3.63, 3.8) is 0 Å². The highest BCUT2D eigenvalue weighted by atomic mass is 19.4. The summed E-state index contributed by atoms with van der Waals surface area (Å²) >= 11 is 0. The number of hydrogen-bond donors (Lipinski definition) is 0. The maximum Gasteiger partial charge on any atom is 0.416 e. The largest absolute Gasteiger partial charge is 0.416 e. The van der Waals surface area contributed by atoms with Gasteiger partial charge in [0.2, 0.25) is 5.89 Å². The van der Waals surface area contributed by atoms with E-state index in [0.717, 1.165) is 30.8 Å². The zero-order chi connectivity index (χ0) is 22.3. The molecule has 2 aromatic carbocycles. The molecular formula is C22H18F3N5O2. The third kappa shape index (κ3) is 4.12. The number of fused-ring (bicyclic) bond motifs is 1. The minimum absolute atomic E-state index is 0.312. The Morgan fingerprint density at radius 2 is 1.81 bits per heavy atom. The summed E-state index contributed by atoms with van der Waals surface area (Å²) in [4.78, 5) is 17.3. The third-order valence-electron chi connectivity index (χ3n) is 5.45. The first-order valence-electron chi connectivity index (χ1n) is 10.3. The number of rotatable bonds is 6. The lowest BCUT2D eigenvalue weighted by atomic mass is 10.0. The maximum absolute atomic E-state index is 12.9. The topological polar surface area (TPSA) is 86.7 Å². The Kier molecular flexibility index (Phi) is 4.99. The van der Waals surface area contributed by atoms with Gasteiger partial charge in [-0.3, -0.25) is 4.79 Å². The second-order valence-corrected chi connectivity index (χ2v) is 7.85. The van der Waals surface area contributed by atoms with Gasteiger partial charge in [-0.1, -0.05) is 28.6 Å². The maximum atomic E-state index is 12.9. The van der Waals surface area contributed by atoms with E-state index in [1.54, 1.807) is 18.2 Å². The first kappa shape index (κ1) is 20.3. The van der Waals surface area contributed by atoms with Crippen LogP contribution in [0.15, 0.2) is 51.8 Å². The van der Waals surface area contributed by atoms with E-state index in [0.29, 0.717) is 53.2 Å². The number of benzene rings is 2. The Hall–Kier alpha value is -3.56. The van der Waals surface area contributed by atoms with Crippen molar-refractivity contribution in [1.82, 2.24) is 25.1 Å². The lowest BCUT2D eigenvalue weighted by Crippen LogP contribution is -2.24. The summed E-state index contributed by atoms with van der Waals surface area (Å²) in [7, 11) is 0. The zero-order valence-electron chi connectivity index (χ0n) is 16.8. The van der Waals surface area contributed by atoms with E-state index in [9.17, 15) is 18.0 Å². The van der Waals surface area contributed by atoms with Gasteiger partial charge in [0.05, 0.1) is 10.9 Å². The van der Waals surface area contributed by atoms with Crippen LogP contribution in [0.2, 0.25) is 0 Å². The van der Waals surface area contributed by atoms with Crippen molar-refractivity contribution < 1.29 is 17.7 Å². The van der Waals surface area contributed by atoms with E-state index in [1.807, 2.05) is 0 Å². The minimum Gasteiger partial charge on any atom is -0.339 e. The molecule has 1 aliphatic rings. The molecule has 7 nitrogen and oxygen atoms in total. The Balaban J connectivity index is 1.34. The Labute approximate surface area is 179 Å². The van der Waals surface area contributed by atoms with Crippen molar-refractivity contribution in [2.45, 2.75) is 44.3 Å². The molecule has 0 atom stereocenters. The molecule has 10 heteroatoms. The predicted molar refractivity (Wildman–Crippen MR) is 109 cm³/mol. The monoisotopic (exact) mass is 441 g/mol. The molecule has 2 heterocycles. The second kappa shape index (κ2) is 7.85. The SMILES string of the molecule is O=c1c2cc(-c3ccc(C(F)(F)F)cc3)ccc2nnn1CCCc1nc(C2CC2)no1. The molecular weight excluding hydrogens is 423 g/mol. The molecule has 32 heavy (non-hydrogen) atoms. The average Bonchev–Trinajstić information content (AvgIpc) is 3.53. The number of aryl methyl sites for hydroxylation is 2. The van der Waals surface area contributed by atoms with Gasteiger partial charge < -0.3 is 4.52 Å². The lowest BCUT2D eigenvalue weighted by Gasteiger charge is -2.09. The highest BCUT2D eigenvalue weighted by Crippen LogP contribution is 2.38. The molecule has 1 fully saturated rings. The van der Waals surface area contributed by atoms with E-state index in [1.165, 1.54) is 16.8 Å². The quantitative estimate of drug-likeness (QED) is 0.442. The fraction of sp³-hybridized carbons (Fsp3) is 0.318. The van der Waals surface area contributed by atoms with Crippen LogP contribution in [0.1, 0.15) is 42.5 Å². The van der Waals surface area contributed by atoms with Crippen molar-refractivity contribution in [1.29, 1.82) is 0 Å². The van der Waals surface area contributed by atoms with Crippen molar-refractivity contribution in [2.75, 3.05) is 0 Å². The average molecular weight is 441 g/mol. The predicted octanol–water partition coefficient (Wildman–Crippen LogP) is 4.37. The summed E-state index contributed by atoms with van der Waals surface area (Å²) in [6, 6.07) is 9.79. The molecule has 1 saturated carbocycles. The van der Waals surface area contributed by atoms with Crippen LogP contribution in [-0.4, -0.2) is 25.1 Å². The van der Waals surface area contributed by atoms with Gasteiger partial charge in [0.25, 0.3) is 5.56 Å².